The molecule has 3 aliphatic rings. The number of carbonyl (C=O) groups is 5. The fraction of sp³-hybridized carbons (Fsp3) is 0.636. The summed E-state index contributed by atoms with van der Waals surface area (Å²) in [7, 11) is 0. The van der Waals surface area contributed by atoms with Crippen LogP contribution in [0.5, 0.6) is 0 Å². The Balaban J connectivity index is 1.43. The fourth-order valence-electron chi connectivity index (χ4n) is 4.80. The molecule has 3 fully saturated rings. The quantitative estimate of drug-likeness (QED) is 0.289. The number of nitrogens with two attached hydrogens (primary N) is 1. The third-order valence-electron chi connectivity index (χ3n) is 6.68. The normalized spacial score (nSPS) is 23.5. The summed E-state index contributed by atoms with van der Waals surface area (Å²) in [5, 5.41) is 2.44. The Morgan fingerprint density at radius 1 is 1.18 bits per heavy atom. The maximum Gasteiger partial charge on any atom is 0.259 e. The molecule has 0 unspecified atom stereocenters. The zero-order valence-electron chi connectivity index (χ0n) is 19.1. The molecule has 4 heterocycles. The van der Waals surface area contributed by atoms with Crippen LogP contribution in [-0.4, -0.2) is 98.5 Å². The lowest BCUT2D eigenvalue weighted by atomic mass is 10.0. The van der Waals surface area contributed by atoms with E-state index >= 15 is 0 Å². The van der Waals surface area contributed by atoms with Gasteiger partial charge in [0.05, 0.1) is 30.5 Å². The summed E-state index contributed by atoms with van der Waals surface area (Å²) in [6.07, 6.45) is 6.48. The van der Waals surface area contributed by atoms with E-state index in [9.17, 15) is 24.0 Å². The molecule has 3 aliphatic heterocycles. The van der Waals surface area contributed by atoms with E-state index in [2.05, 4.69) is 15.3 Å². The molecule has 0 aliphatic carbocycles. The highest BCUT2D eigenvalue weighted by Crippen LogP contribution is 2.22. The molecule has 12 heteroatoms. The first-order valence-corrected chi connectivity index (χ1v) is 11.8. The number of amides is 5. The van der Waals surface area contributed by atoms with Crippen molar-refractivity contribution in [2.24, 2.45) is 5.73 Å². The second-order valence-electron chi connectivity index (χ2n) is 9.08. The topological polar surface area (TPSA) is 162 Å². The average molecular weight is 474 g/mol. The minimum absolute atomic E-state index is 0.0642. The Hall–Kier alpha value is -3.12. The monoisotopic (exact) mass is 473 g/mol. The van der Waals surface area contributed by atoms with Gasteiger partial charge in [-0.3, -0.25) is 28.9 Å². The lowest BCUT2D eigenvalue weighted by Crippen LogP contribution is -2.64. The molecule has 3 saturated heterocycles. The van der Waals surface area contributed by atoms with Crippen LogP contribution in [0.25, 0.3) is 0 Å². The molecule has 34 heavy (non-hydrogen) atoms. The molecule has 1 aromatic rings. The minimum Gasteiger partial charge on any atom is -0.351 e. The minimum atomic E-state index is -1.14. The Morgan fingerprint density at radius 2 is 1.97 bits per heavy atom. The Bertz CT molecular complexity index is 941. The van der Waals surface area contributed by atoms with Gasteiger partial charge in [-0.25, -0.2) is 9.88 Å². The van der Waals surface area contributed by atoms with Gasteiger partial charge >= 0.3 is 0 Å². The number of nitrogens with zero attached hydrogens (tertiary/aromatic N) is 4. The molecule has 4 rings (SSSR count). The number of β-lactam (4-membered cyclic amide) rings is 1. The highest BCUT2D eigenvalue weighted by Gasteiger charge is 2.45. The van der Waals surface area contributed by atoms with Crippen molar-refractivity contribution in [3.8, 4) is 0 Å². The van der Waals surface area contributed by atoms with Gasteiger partial charge in [-0.2, -0.15) is 0 Å². The van der Waals surface area contributed by atoms with Crippen LogP contribution in [0.4, 0.5) is 0 Å². The van der Waals surface area contributed by atoms with Crippen molar-refractivity contribution in [3.05, 3.63) is 18.2 Å². The molecule has 1 aromatic heterocycles. The molecule has 5 amide bonds. The van der Waals surface area contributed by atoms with Crippen LogP contribution in [0.15, 0.2) is 12.5 Å². The summed E-state index contributed by atoms with van der Waals surface area (Å²) >= 11 is 0. The summed E-state index contributed by atoms with van der Waals surface area (Å²) in [6.45, 7) is 2.63. The van der Waals surface area contributed by atoms with Crippen molar-refractivity contribution >= 4 is 29.5 Å². The number of aromatic nitrogens is 2. The molecule has 3 atom stereocenters. The SMILES string of the molecule is N[C@@H](Cc1c[nH]cn1)C(=O)N(C(=O)[C@@H]1CC(=O)N1)C(=O)[C@@H]1CCCN1CCCN1CCCC1=O. The van der Waals surface area contributed by atoms with E-state index in [0.717, 1.165) is 19.4 Å². The van der Waals surface area contributed by atoms with Crippen LogP contribution in [0, 0.1) is 0 Å². The van der Waals surface area contributed by atoms with E-state index in [1.807, 2.05) is 9.80 Å². The van der Waals surface area contributed by atoms with Gasteiger partial charge in [0, 0.05) is 38.7 Å². The summed E-state index contributed by atoms with van der Waals surface area (Å²) in [5.41, 5.74) is 6.62. The molecular formula is C22H31N7O5. The molecular weight excluding hydrogens is 442 g/mol. The van der Waals surface area contributed by atoms with Crippen molar-refractivity contribution in [3.63, 3.8) is 0 Å². The standard InChI is InChI=1S/C22H31N7O5/c23-15(10-14-12-24-13-25-14)20(32)29(21(33)16-11-18(30)26-16)22(34)17-4-1-6-27(17)8-3-9-28-7-2-5-19(28)31/h12-13,15-17H,1-11,23H2,(H,24,25)(H,26,30)/t15-,16-,17-/m0/s1. The second-order valence-corrected chi connectivity index (χ2v) is 9.08. The van der Waals surface area contributed by atoms with E-state index < -0.39 is 35.8 Å². The molecule has 0 radical (unpaired) electrons. The lowest BCUT2D eigenvalue weighted by Gasteiger charge is -2.34. The summed E-state index contributed by atoms with van der Waals surface area (Å²) in [4.78, 5) is 74.3. The van der Waals surface area contributed by atoms with Crippen molar-refractivity contribution in [1.82, 2.24) is 30.0 Å². The number of hydrogen-bond acceptors (Lipinski definition) is 8. The van der Waals surface area contributed by atoms with Crippen molar-refractivity contribution < 1.29 is 24.0 Å². The molecule has 4 N–H and O–H groups in total. The summed E-state index contributed by atoms with van der Waals surface area (Å²) < 4.78 is 0. The van der Waals surface area contributed by atoms with E-state index in [1.165, 1.54) is 6.33 Å². The zero-order valence-corrected chi connectivity index (χ0v) is 19.1. The van der Waals surface area contributed by atoms with Gasteiger partial charge in [0.15, 0.2) is 0 Å². The number of rotatable bonds is 9. The van der Waals surface area contributed by atoms with Crippen LogP contribution in [-0.2, 0) is 30.4 Å². The number of imide groups is 3. The first-order valence-electron chi connectivity index (χ1n) is 11.8. The number of likely N-dealkylation sites (tertiary alicyclic amines) is 2. The summed E-state index contributed by atoms with van der Waals surface area (Å²) in [5.74, 6) is -2.30. The van der Waals surface area contributed by atoms with E-state index in [1.54, 1.807) is 6.20 Å². The van der Waals surface area contributed by atoms with Crippen molar-refractivity contribution in [2.75, 3.05) is 26.2 Å². The number of hydrogen-bond donors (Lipinski definition) is 3. The van der Waals surface area contributed by atoms with Gasteiger partial charge in [-0.1, -0.05) is 0 Å². The van der Waals surface area contributed by atoms with Gasteiger partial charge in [0.1, 0.15) is 6.04 Å². The maximum absolute atomic E-state index is 13.5. The molecule has 184 valence electrons. The molecule has 0 aromatic carbocycles. The molecule has 0 saturated carbocycles. The zero-order chi connectivity index (χ0) is 24.2. The molecule has 0 spiro atoms. The highest BCUT2D eigenvalue weighted by molar-refractivity contribution is 6.17. The van der Waals surface area contributed by atoms with Gasteiger partial charge < -0.3 is 20.9 Å². The predicted molar refractivity (Wildman–Crippen MR) is 119 cm³/mol. The van der Waals surface area contributed by atoms with Crippen LogP contribution in [0.2, 0.25) is 0 Å². The number of H-pyrrole nitrogens is 1. The molecule has 0 bridgehead atoms. The third kappa shape index (κ3) is 5.17. The number of carbonyl (C=O) groups excluding carboxylic acids is 5. The van der Waals surface area contributed by atoms with Crippen molar-refractivity contribution in [1.29, 1.82) is 0 Å². The van der Waals surface area contributed by atoms with Crippen LogP contribution in [0.3, 0.4) is 0 Å². The lowest BCUT2D eigenvalue weighted by molar-refractivity contribution is -0.160. The largest absolute Gasteiger partial charge is 0.351 e. The van der Waals surface area contributed by atoms with E-state index in [0.29, 0.717) is 49.5 Å². The number of imidazole rings is 1. The van der Waals surface area contributed by atoms with Gasteiger partial charge in [0.2, 0.25) is 11.8 Å². The number of nitrogens with one attached hydrogen (secondary N) is 2. The van der Waals surface area contributed by atoms with Gasteiger partial charge in [0.25, 0.3) is 17.7 Å². The third-order valence-corrected chi connectivity index (χ3v) is 6.68. The van der Waals surface area contributed by atoms with E-state index in [4.69, 9.17) is 5.73 Å². The van der Waals surface area contributed by atoms with Crippen molar-refractivity contribution in [2.45, 2.75) is 63.1 Å². The number of aromatic amines is 1. The first-order chi connectivity index (χ1) is 16.3. The van der Waals surface area contributed by atoms with E-state index in [-0.39, 0.29) is 24.7 Å². The van der Waals surface area contributed by atoms with Crippen LogP contribution in [0.1, 0.15) is 44.2 Å². The second kappa shape index (κ2) is 10.4. The average Bonchev–Trinajstić information content (AvgIpc) is 3.54. The van der Waals surface area contributed by atoms with Gasteiger partial charge in [-0.05, 0) is 32.2 Å². The smallest absolute Gasteiger partial charge is 0.259 e. The first kappa shape index (κ1) is 24.0. The Labute approximate surface area is 197 Å². The predicted octanol–water partition coefficient (Wildman–Crippen LogP) is -1.47. The fourth-order valence-corrected chi connectivity index (χ4v) is 4.80. The Kier molecular flexibility index (Phi) is 7.37. The van der Waals surface area contributed by atoms with Crippen LogP contribution >= 0.6 is 0 Å². The maximum atomic E-state index is 13.5. The van der Waals surface area contributed by atoms with Gasteiger partial charge in [-0.15, -0.1) is 0 Å². The Morgan fingerprint density at radius 3 is 2.62 bits per heavy atom. The van der Waals surface area contributed by atoms with Crippen LogP contribution < -0.4 is 11.1 Å². The molecule has 12 nitrogen and oxygen atoms in total. The highest BCUT2D eigenvalue weighted by atomic mass is 16.2. The summed E-state index contributed by atoms with van der Waals surface area (Å²) in [6, 6.07) is -2.67.